The fourth-order valence-electron chi connectivity index (χ4n) is 1.91. The van der Waals surface area contributed by atoms with E-state index < -0.39 is 0 Å². The zero-order chi connectivity index (χ0) is 10.9. The van der Waals surface area contributed by atoms with Crippen LogP contribution in [0.3, 0.4) is 0 Å². The molecular weight excluding hydrogens is 186 g/mol. The second-order valence-corrected chi connectivity index (χ2v) is 4.31. The third-order valence-electron chi connectivity index (χ3n) is 3.01. The summed E-state index contributed by atoms with van der Waals surface area (Å²) in [6.07, 6.45) is 9.94. The summed E-state index contributed by atoms with van der Waals surface area (Å²) in [5.74, 6) is 0. The fourth-order valence-corrected chi connectivity index (χ4v) is 1.91. The van der Waals surface area contributed by atoms with Crippen molar-refractivity contribution in [2.45, 2.75) is 45.6 Å². The molecule has 0 spiro atoms. The molecular formula is C13H25NO. The van der Waals surface area contributed by atoms with E-state index in [-0.39, 0.29) is 0 Å². The number of morpholine rings is 1. The molecule has 2 heteroatoms. The van der Waals surface area contributed by atoms with Crippen LogP contribution < -0.4 is 0 Å². The Hall–Kier alpha value is -0.340. The Balaban J connectivity index is 2.12. The van der Waals surface area contributed by atoms with Crippen LogP contribution in [0.4, 0.5) is 0 Å². The topological polar surface area (TPSA) is 12.5 Å². The van der Waals surface area contributed by atoms with Crippen molar-refractivity contribution in [1.82, 2.24) is 4.90 Å². The van der Waals surface area contributed by atoms with Crippen molar-refractivity contribution in [1.29, 1.82) is 0 Å². The molecule has 0 aromatic carbocycles. The van der Waals surface area contributed by atoms with Gasteiger partial charge < -0.3 is 4.74 Å². The van der Waals surface area contributed by atoms with Gasteiger partial charge in [0.15, 0.2) is 0 Å². The lowest BCUT2D eigenvalue weighted by Crippen LogP contribution is -2.41. The molecule has 0 radical (unpaired) electrons. The van der Waals surface area contributed by atoms with E-state index in [9.17, 15) is 0 Å². The Morgan fingerprint density at radius 1 is 1.27 bits per heavy atom. The smallest absolute Gasteiger partial charge is 0.0594 e. The normalized spacial score (nSPS) is 20.9. The van der Waals surface area contributed by atoms with Crippen molar-refractivity contribution >= 4 is 0 Å². The second-order valence-electron chi connectivity index (χ2n) is 4.31. The van der Waals surface area contributed by atoms with Crippen LogP contribution in [0.15, 0.2) is 12.2 Å². The predicted octanol–water partition coefficient (Wildman–Crippen LogP) is 2.84. The first kappa shape index (κ1) is 12.7. The van der Waals surface area contributed by atoms with Gasteiger partial charge in [-0.05, 0) is 19.8 Å². The fraction of sp³-hybridized carbons (Fsp3) is 0.846. The van der Waals surface area contributed by atoms with Gasteiger partial charge >= 0.3 is 0 Å². The van der Waals surface area contributed by atoms with Gasteiger partial charge in [-0.3, -0.25) is 4.90 Å². The van der Waals surface area contributed by atoms with E-state index in [2.05, 4.69) is 30.9 Å². The predicted molar refractivity (Wildman–Crippen MR) is 65.1 cm³/mol. The molecule has 1 saturated heterocycles. The van der Waals surface area contributed by atoms with Crippen LogP contribution in [0.25, 0.3) is 0 Å². The van der Waals surface area contributed by atoms with Crippen LogP contribution in [0.1, 0.15) is 39.5 Å². The molecule has 1 fully saturated rings. The first-order chi connectivity index (χ1) is 7.34. The molecule has 1 rings (SSSR count). The Morgan fingerprint density at radius 3 is 2.67 bits per heavy atom. The van der Waals surface area contributed by atoms with Gasteiger partial charge in [-0.2, -0.15) is 0 Å². The van der Waals surface area contributed by atoms with Crippen LogP contribution >= 0.6 is 0 Å². The number of rotatable bonds is 6. The van der Waals surface area contributed by atoms with E-state index >= 15 is 0 Å². The molecule has 0 aromatic heterocycles. The molecule has 0 aliphatic carbocycles. The van der Waals surface area contributed by atoms with Crippen molar-refractivity contribution in [3.8, 4) is 0 Å². The summed E-state index contributed by atoms with van der Waals surface area (Å²) < 4.78 is 5.34. The minimum absolute atomic E-state index is 0.579. The van der Waals surface area contributed by atoms with Crippen molar-refractivity contribution < 1.29 is 4.74 Å². The van der Waals surface area contributed by atoms with Gasteiger partial charge in [-0.25, -0.2) is 0 Å². The molecule has 1 unspecified atom stereocenters. The molecule has 0 bridgehead atoms. The van der Waals surface area contributed by atoms with Crippen molar-refractivity contribution in [3.63, 3.8) is 0 Å². The monoisotopic (exact) mass is 211 g/mol. The molecule has 0 N–H and O–H groups in total. The Kier molecular flexibility index (Phi) is 6.69. The molecule has 1 heterocycles. The maximum atomic E-state index is 5.34. The minimum Gasteiger partial charge on any atom is -0.379 e. The molecule has 0 saturated carbocycles. The minimum atomic E-state index is 0.579. The molecule has 88 valence electrons. The van der Waals surface area contributed by atoms with Crippen LogP contribution in [0.2, 0.25) is 0 Å². The zero-order valence-corrected chi connectivity index (χ0v) is 10.2. The van der Waals surface area contributed by atoms with Gasteiger partial charge in [0.2, 0.25) is 0 Å². The average molecular weight is 211 g/mol. The number of ether oxygens (including phenoxy) is 1. The van der Waals surface area contributed by atoms with E-state index in [1.807, 2.05) is 0 Å². The molecule has 1 aliphatic heterocycles. The summed E-state index contributed by atoms with van der Waals surface area (Å²) in [4.78, 5) is 2.49. The third kappa shape index (κ3) is 5.33. The largest absolute Gasteiger partial charge is 0.379 e. The van der Waals surface area contributed by atoms with Gasteiger partial charge in [-0.1, -0.05) is 31.9 Å². The lowest BCUT2D eigenvalue weighted by atomic mass is 10.1. The van der Waals surface area contributed by atoms with E-state index in [0.29, 0.717) is 6.04 Å². The summed E-state index contributed by atoms with van der Waals surface area (Å²) >= 11 is 0. The quantitative estimate of drug-likeness (QED) is 0.495. The highest BCUT2D eigenvalue weighted by Gasteiger charge is 2.13. The molecule has 0 aromatic rings. The van der Waals surface area contributed by atoms with Crippen LogP contribution in [-0.4, -0.2) is 37.2 Å². The average Bonchev–Trinajstić information content (AvgIpc) is 2.30. The van der Waals surface area contributed by atoms with E-state index in [4.69, 9.17) is 4.74 Å². The van der Waals surface area contributed by atoms with E-state index in [1.165, 1.54) is 25.7 Å². The Bertz CT molecular complexity index is 173. The molecule has 1 atom stereocenters. The number of hydrogen-bond donors (Lipinski definition) is 0. The maximum absolute atomic E-state index is 5.34. The number of unbranched alkanes of at least 4 members (excludes halogenated alkanes) is 3. The molecule has 1 aliphatic rings. The Labute approximate surface area is 94.3 Å². The lowest BCUT2D eigenvalue weighted by Gasteiger charge is -2.30. The highest BCUT2D eigenvalue weighted by atomic mass is 16.5. The number of hydrogen-bond acceptors (Lipinski definition) is 2. The van der Waals surface area contributed by atoms with Gasteiger partial charge in [0.05, 0.1) is 13.2 Å². The highest BCUT2D eigenvalue weighted by Crippen LogP contribution is 2.06. The lowest BCUT2D eigenvalue weighted by molar-refractivity contribution is 0.0286. The summed E-state index contributed by atoms with van der Waals surface area (Å²) in [5, 5.41) is 0. The second kappa shape index (κ2) is 7.89. The van der Waals surface area contributed by atoms with Crippen LogP contribution in [-0.2, 0) is 4.74 Å². The zero-order valence-electron chi connectivity index (χ0n) is 10.2. The summed E-state index contributed by atoms with van der Waals surface area (Å²) in [7, 11) is 0. The number of allylic oxidation sites excluding steroid dienone is 1. The van der Waals surface area contributed by atoms with Crippen molar-refractivity contribution in [2.75, 3.05) is 26.3 Å². The SMILES string of the molecule is CCCCC/C=C/C(C)N1CCOCC1. The highest BCUT2D eigenvalue weighted by molar-refractivity contribution is 4.92. The molecule has 15 heavy (non-hydrogen) atoms. The van der Waals surface area contributed by atoms with Crippen LogP contribution in [0, 0.1) is 0 Å². The van der Waals surface area contributed by atoms with Crippen molar-refractivity contribution in [2.24, 2.45) is 0 Å². The van der Waals surface area contributed by atoms with Crippen LogP contribution in [0.5, 0.6) is 0 Å². The van der Waals surface area contributed by atoms with Gasteiger partial charge in [0.25, 0.3) is 0 Å². The van der Waals surface area contributed by atoms with Crippen molar-refractivity contribution in [3.05, 3.63) is 12.2 Å². The first-order valence-electron chi connectivity index (χ1n) is 6.33. The summed E-state index contributed by atoms with van der Waals surface area (Å²) in [6, 6.07) is 0.579. The van der Waals surface area contributed by atoms with Gasteiger partial charge in [0.1, 0.15) is 0 Å². The third-order valence-corrected chi connectivity index (χ3v) is 3.01. The summed E-state index contributed by atoms with van der Waals surface area (Å²) in [5.41, 5.74) is 0. The van der Waals surface area contributed by atoms with E-state index in [0.717, 1.165) is 26.3 Å². The van der Waals surface area contributed by atoms with Gasteiger partial charge in [-0.15, -0.1) is 0 Å². The maximum Gasteiger partial charge on any atom is 0.0594 e. The first-order valence-corrected chi connectivity index (χ1v) is 6.33. The number of nitrogens with zero attached hydrogens (tertiary/aromatic N) is 1. The molecule has 2 nitrogen and oxygen atoms in total. The standard InChI is InChI=1S/C13H25NO/c1-3-4-5-6-7-8-13(2)14-9-11-15-12-10-14/h7-8,13H,3-6,9-12H2,1-2H3/b8-7+. The van der Waals surface area contributed by atoms with Gasteiger partial charge in [0, 0.05) is 19.1 Å². The summed E-state index contributed by atoms with van der Waals surface area (Å²) in [6.45, 7) is 8.49. The Morgan fingerprint density at radius 2 is 2.00 bits per heavy atom. The molecule has 0 amide bonds. The van der Waals surface area contributed by atoms with E-state index in [1.54, 1.807) is 0 Å².